The van der Waals surface area contributed by atoms with Crippen LogP contribution in [0.1, 0.15) is 49.0 Å². The number of carbonyl (C=O) groups is 1. The molecule has 110 valence electrons. The Kier molecular flexibility index (Phi) is 4.48. The van der Waals surface area contributed by atoms with Crippen molar-refractivity contribution in [2.45, 2.75) is 45.6 Å². The summed E-state index contributed by atoms with van der Waals surface area (Å²) in [4.78, 5) is 14.2. The molecule has 1 fully saturated rings. The number of benzene rings is 1. The third kappa shape index (κ3) is 3.60. The molecule has 0 unspecified atom stereocenters. The first kappa shape index (κ1) is 15.0. The minimum atomic E-state index is -0.585. The van der Waals surface area contributed by atoms with Crippen molar-refractivity contribution in [2.75, 3.05) is 13.1 Å². The number of carbonyl (C=O) groups excluding carboxylic acids is 1. The minimum absolute atomic E-state index is 0.0802. The van der Waals surface area contributed by atoms with Gasteiger partial charge in [-0.3, -0.25) is 4.79 Å². The second kappa shape index (κ2) is 5.96. The Hall–Kier alpha value is -1.35. The summed E-state index contributed by atoms with van der Waals surface area (Å²) < 4.78 is 0. The van der Waals surface area contributed by atoms with Crippen molar-refractivity contribution in [1.29, 1.82) is 0 Å². The van der Waals surface area contributed by atoms with Crippen molar-refractivity contribution in [2.24, 2.45) is 5.92 Å². The molecular weight excluding hydrogens is 250 g/mol. The van der Waals surface area contributed by atoms with E-state index in [-0.39, 0.29) is 5.91 Å². The monoisotopic (exact) mass is 275 g/mol. The number of hydrogen-bond acceptors (Lipinski definition) is 2. The third-order valence-electron chi connectivity index (χ3n) is 4.07. The SMILES string of the molecule is Cc1ccc(C(=O)N2CCC(O)(CC(C)C)CC2)cc1. The molecule has 0 atom stereocenters. The van der Waals surface area contributed by atoms with Gasteiger partial charge in [-0.1, -0.05) is 31.5 Å². The maximum atomic E-state index is 12.4. The average Bonchev–Trinajstić information content (AvgIpc) is 2.38. The Morgan fingerprint density at radius 3 is 2.30 bits per heavy atom. The quantitative estimate of drug-likeness (QED) is 0.921. The highest BCUT2D eigenvalue weighted by molar-refractivity contribution is 5.94. The summed E-state index contributed by atoms with van der Waals surface area (Å²) in [5.74, 6) is 0.566. The van der Waals surface area contributed by atoms with Crippen LogP contribution in [0, 0.1) is 12.8 Å². The predicted octanol–water partition coefficient (Wildman–Crippen LogP) is 3.01. The first-order chi connectivity index (χ1) is 9.39. The van der Waals surface area contributed by atoms with Gasteiger partial charge in [0.25, 0.3) is 5.91 Å². The number of nitrogens with zero attached hydrogens (tertiary/aromatic N) is 1. The summed E-state index contributed by atoms with van der Waals surface area (Å²) in [5.41, 5.74) is 1.31. The van der Waals surface area contributed by atoms with Crippen LogP contribution in [0.3, 0.4) is 0 Å². The van der Waals surface area contributed by atoms with E-state index in [0.717, 1.165) is 17.5 Å². The van der Waals surface area contributed by atoms with E-state index in [1.807, 2.05) is 36.1 Å². The van der Waals surface area contributed by atoms with Crippen LogP contribution in [-0.2, 0) is 0 Å². The van der Waals surface area contributed by atoms with Crippen molar-refractivity contribution in [3.63, 3.8) is 0 Å². The number of aliphatic hydroxyl groups is 1. The van der Waals surface area contributed by atoms with Gasteiger partial charge < -0.3 is 10.0 Å². The molecule has 1 saturated heterocycles. The summed E-state index contributed by atoms with van der Waals surface area (Å²) in [5, 5.41) is 10.5. The van der Waals surface area contributed by atoms with E-state index in [9.17, 15) is 9.90 Å². The zero-order chi connectivity index (χ0) is 14.8. The van der Waals surface area contributed by atoms with E-state index in [0.29, 0.717) is 31.8 Å². The molecule has 0 aromatic heterocycles. The van der Waals surface area contributed by atoms with Crippen LogP contribution < -0.4 is 0 Å². The molecule has 2 rings (SSSR count). The fraction of sp³-hybridized carbons (Fsp3) is 0.588. The normalized spacial score (nSPS) is 18.4. The number of hydrogen-bond donors (Lipinski definition) is 1. The molecule has 1 aliphatic heterocycles. The number of piperidine rings is 1. The highest BCUT2D eigenvalue weighted by Crippen LogP contribution is 2.29. The molecule has 1 aromatic rings. The molecule has 0 radical (unpaired) electrons. The summed E-state index contributed by atoms with van der Waals surface area (Å²) >= 11 is 0. The lowest BCUT2D eigenvalue weighted by Gasteiger charge is -2.39. The Balaban J connectivity index is 1.96. The molecule has 1 N–H and O–H groups in total. The van der Waals surface area contributed by atoms with Crippen molar-refractivity contribution in [3.8, 4) is 0 Å². The molecule has 3 nitrogen and oxygen atoms in total. The highest BCUT2D eigenvalue weighted by atomic mass is 16.3. The molecule has 1 heterocycles. The predicted molar refractivity (Wildman–Crippen MR) is 80.7 cm³/mol. The standard InChI is InChI=1S/C17H25NO2/c1-13(2)12-17(20)8-10-18(11-9-17)16(19)15-6-4-14(3)5-7-15/h4-7,13,20H,8-12H2,1-3H3. The second-order valence-electron chi connectivity index (χ2n) is 6.48. The van der Waals surface area contributed by atoms with Gasteiger partial charge in [0.1, 0.15) is 0 Å². The van der Waals surface area contributed by atoms with Gasteiger partial charge in [0.05, 0.1) is 5.60 Å². The van der Waals surface area contributed by atoms with E-state index in [2.05, 4.69) is 13.8 Å². The van der Waals surface area contributed by atoms with Crippen LogP contribution >= 0.6 is 0 Å². The van der Waals surface area contributed by atoms with E-state index in [4.69, 9.17) is 0 Å². The molecule has 3 heteroatoms. The zero-order valence-electron chi connectivity index (χ0n) is 12.7. The molecule has 20 heavy (non-hydrogen) atoms. The Morgan fingerprint density at radius 1 is 1.25 bits per heavy atom. The van der Waals surface area contributed by atoms with Crippen molar-refractivity contribution < 1.29 is 9.90 Å². The lowest BCUT2D eigenvalue weighted by Crippen LogP contribution is -2.47. The maximum absolute atomic E-state index is 12.4. The largest absolute Gasteiger partial charge is 0.390 e. The molecule has 0 aliphatic carbocycles. The van der Waals surface area contributed by atoms with E-state index < -0.39 is 5.60 Å². The topological polar surface area (TPSA) is 40.5 Å². The highest BCUT2D eigenvalue weighted by Gasteiger charge is 2.34. The number of likely N-dealkylation sites (tertiary alicyclic amines) is 1. The van der Waals surface area contributed by atoms with Crippen molar-refractivity contribution in [3.05, 3.63) is 35.4 Å². The zero-order valence-corrected chi connectivity index (χ0v) is 12.7. The lowest BCUT2D eigenvalue weighted by atomic mass is 9.84. The van der Waals surface area contributed by atoms with E-state index >= 15 is 0 Å². The van der Waals surface area contributed by atoms with Crippen LogP contribution in [0.4, 0.5) is 0 Å². The molecule has 1 aromatic carbocycles. The lowest BCUT2D eigenvalue weighted by molar-refractivity contribution is -0.0310. The minimum Gasteiger partial charge on any atom is -0.390 e. The molecular formula is C17H25NO2. The van der Waals surface area contributed by atoms with Crippen molar-refractivity contribution >= 4 is 5.91 Å². The van der Waals surface area contributed by atoms with E-state index in [1.165, 1.54) is 0 Å². The van der Waals surface area contributed by atoms with Gasteiger partial charge in [0.2, 0.25) is 0 Å². The van der Waals surface area contributed by atoms with Gasteiger partial charge in [0.15, 0.2) is 0 Å². The fourth-order valence-corrected chi connectivity index (χ4v) is 2.97. The van der Waals surface area contributed by atoms with Crippen LogP contribution in [0.2, 0.25) is 0 Å². The Labute approximate surface area is 121 Å². The average molecular weight is 275 g/mol. The number of aryl methyl sites for hydroxylation is 1. The van der Waals surface area contributed by atoms with E-state index in [1.54, 1.807) is 0 Å². The summed E-state index contributed by atoms with van der Waals surface area (Å²) in [7, 11) is 0. The third-order valence-corrected chi connectivity index (χ3v) is 4.07. The molecule has 0 bridgehead atoms. The number of amides is 1. The summed E-state index contributed by atoms with van der Waals surface area (Å²) in [6.07, 6.45) is 2.19. The maximum Gasteiger partial charge on any atom is 0.253 e. The van der Waals surface area contributed by atoms with Gasteiger partial charge in [-0.2, -0.15) is 0 Å². The first-order valence-corrected chi connectivity index (χ1v) is 7.48. The molecule has 1 amide bonds. The van der Waals surface area contributed by atoms with Gasteiger partial charge in [-0.05, 0) is 44.2 Å². The van der Waals surface area contributed by atoms with Gasteiger partial charge in [0, 0.05) is 18.7 Å². The molecule has 0 spiro atoms. The van der Waals surface area contributed by atoms with Gasteiger partial charge in [-0.25, -0.2) is 0 Å². The second-order valence-corrected chi connectivity index (χ2v) is 6.48. The Morgan fingerprint density at radius 2 is 1.80 bits per heavy atom. The molecule has 1 aliphatic rings. The summed E-state index contributed by atoms with van der Waals surface area (Å²) in [6.45, 7) is 7.57. The smallest absolute Gasteiger partial charge is 0.253 e. The van der Waals surface area contributed by atoms with Crippen LogP contribution in [0.25, 0.3) is 0 Å². The first-order valence-electron chi connectivity index (χ1n) is 7.48. The van der Waals surface area contributed by atoms with Crippen LogP contribution in [0.5, 0.6) is 0 Å². The van der Waals surface area contributed by atoms with Crippen molar-refractivity contribution in [1.82, 2.24) is 4.90 Å². The Bertz CT molecular complexity index is 456. The molecule has 0 saturated carbocycles. The van der Waals surface area contributed by atoms with Gasteiger partial charge >= 0.3 is 0 Å². The summed E-state index contributed by atoms with van der Waals surface area (Å²) in [6, 6.07) is 7.69. The van der Waals surface area contributed by atoms with Gasteiger partial charge in [-0.15, -0.1) is 0 Å². The number of rotatable bonds is 3. The van der Waals surface area contributed by atoms with Crippen LogP contribution in [0.15, 0.2) is 24.3 Å². The van der Waals surface area contributed by atoms with Crippen LogP contribution in [-0.4, -0.2) is 34.6 Å². The fourth-order valence-electron chi connectivity index (χ4n) is 2.97.